The first-order valence-electron chi connectivity index (χ1n) is 6.08. The summed E-state index contributed by atoms with van der Waals surface area (Å²) in [7, 11) is 1.27. The van der Waals surface area contributed by atoms with Gasteiger partial charge in [-0.25, -0.2) is 9.59 Å². The van der Waals surface area contributed by atoms with Crippen molar-refractivity contribution < 1.29 is 24.2 Å². The van der Waals surface area contributed by atoms with E-state index < -0.39 is 18.0 Å². The van der Waals surface area contributed by atoms with Crippen molar-refractivity contribution in [2.45, 2.75) is 12.8 Å². The molecule has 0 aliphatic rings. The van der Waals surface area contributed by atoms with Gasteiger partial charge in [-0.2, -0.15) is 0 Å². The van der Waals surface area contributed by atoms with E-state index in [1.54, 1.807) is 12.1 Å². The monoisotopic (exact) mass is 358 g/mol. The van der Waals surface area contributed by atoms with Crippen molar-refractivity contribution in [3.63, 3.8) is 0 Å². The summed E-state index contributed by atoms with van der Waals surface area (Å²) in [6, 6.07) is 4.24. The summed E-state index contributed by atoms with van der Waals surface area (Å²) < 4.78 is 5.18. The molecule has 3 N–H and O–H groups in total. The zero-order chi connectivity index (χ0) is 15.8. The third kappa shape index (κ3) is 5.82. The Kier molecular flexibility index (Phi) is 6.67. The van der Waals surface area contributed by atoms with Crippen LogP contribution >= 0.6 is 15.9 Å². The highest BCUT2D eigenvalue weighted by molar-refractivity contribution is 9.10. The Hall–Kier alpha value is -2.09. The van der Waals surface area contributed by atoms with Gasteiger partial charge in [0.25, 0.3) is 0 Å². The van der Waals surface area contributed by atoms with E-state index in [0.717, 1.165) is 0 Å². The fraction of sp³-hybridized carbons (Fsp3) is 0.308. The molecule has 2 amide bonds. The molecular weight excluding hydrogens is 344 g/mol. The summed E-state index contributed by atoms with van der Waals surface area (Å²) in [5, 5.41) is 13.5. The van der Waals surface area contributed by atoms with Gasteiger partial charge >= 0.3 is 18.0 Å². The number of benzene rings is 1. The number of carboxylic acid groups (broad SMARTS) is 1. The van der Waals surface area contributed by atoms with Crippen molar-refractivity contribution in [2.24, 2.45) is 0 Å². The molecule has 0 fully saturated rings. The number of esters is 1. The van der Waals surface area contributed by atoms with Gasteiger partial charge in [0.2, 0.25) is 0 Å². The maximum Gasteiger partial charge on any atom is 0.339 e. The molecule has 0 saturated carbocycles. The number of carbonyl (C=O) groups is 3. The van der Waals surface area contributed by atoms with E-state index in [9.17, 15) is 14.4 Å². The van der Waals surface area contributed by atoms with E-state index in [4.69, 9.17) is 5.11 Å². The van der Waals surface area contributed by atoms with Crippen LogP contribution in [-0.2, 0) is 9.53 Å². The number of ether oxygens (including phenoxy) is 1. The molecule has 0 atom stereocenters. The smallest absolute Gasteiger partial charge is 0.339 e. The Bertz CT molecular complexity index is 547. The Balaban J connectivity index is 2.56. The van der Waals surface area contributed by atoms with Crippen LogP contribution in [0.4, 0.5) is 10.5 Å². The maximum atomic E-state index is 11.6. The van der Waals surface area contributed by atoms with Crippen LogP contribution in [0.25, 0.3) is 0 Å². The van der Waals surface area contributed by atoms with Crippen molar-refractivity contribution in [3.8, 4) is 0 Å². The normalized spacial score (nSPS) is 9.81. The summed E-state index contributed by atoms with van der Waals surface area (Å²) in [5.74, 6) is -1.43. The van der Waals surface area contributed by atoms with E-state index in [1.165, 1.54) is 13.2 Å². The number of halogens is 1. The standard InChI is InChI=1S/C13H15BrN2O5/c1-21-12(19)9-7-8(4-5-10(9)14)16-13(20)15-6-2-3-11(17)18/h4-5,7H,2-3,6H2,1H3,(H,17,18)(H2,15,16,20). The number of hydrogen-bond acceptors (Lipinski definition) is 4. The number of nitrogens with one attached hydrogen (secondary N) is 2. The molecule has 114 valence electrons. The molecule has 0 bridgehead atoms. The highest BCUT2D eigenvalue weighted by atomic mass is 79.9. The molecule has 0 aromatic heterocycles. The van der Waals surface area contributed by atoms with Gasteiger partial charge in [-0.1, -0.05) is 0 Å². The predicted molar refractivity (Wildman–Crippen MR) is 79.4 cm³/mol. The van der Waals surface area contributed by atoms with E-state index in [-0.39, 0.29) is 13.0 Å². The van der Waals surface area contributed by atoms with Gasteiger partial charge in [-0.05, 0) is 40.5 Å². The minimum atomic E-state index is -0.909. The summed E-state index contributed by atoms with van der Waals surface area (Å²) in [6.45, 7) is 0.249. The molecule has 0 aliphatic carbocycles. The highest BCUT2D eigenvalue weighted by Crippen LogP contribution is 2.21. The van der Waals surface area contributed by atoms with Crippen molar-refractivity contribution in [3.05, 3.63) is 28.2 Å². The topological polar surface area (TPSA) is 105 Å². The zero-order valence-electron chi connectivity index (χ0n) is 11.3. The van der Waals surface area contributed by atoms with Crippen LogP contribution in [0.3, 0.4) is 0 Å². The molecule has 0 saturated heterocycles. The Labute approximate surface area is 129 Å². The van der Waals surface area contributed by atoms with Crippen molar-refractivity contribution in [1.82, 2.24) is 5.32 Å². The fourth-order valence-corrected chi connectivity index (χ4v) is 1.89. The molecule has 21 heavy (non-hydrogen) atoms. The second-order valence-corrected chi connectivity index (χ2v) is 4.92. The molecule has 0 spiro atoms. The zero-order valence-corrected chi connectivity index (χ0v) is 12.9. The summed E-state index contributed by atoms with van der Waals surface area (Å²) in [5.41, 5.74) is 0.718. The van der Waals surface area contributed by atoms with E-state index in [0.29, 0.717) is 22.1 Å². The first-order valence-corrected chi connectivity index (χ1v) is 6.88. The number of amides is 2. The SMILES string of the molecule is COC(=O)c1cc(NC(=O)NCCCC(=O)O)ccc1Br. The molecule has 0 unspecified atom stereocenters. The van der Waals surface area contributed by atoms with Gasteiger partial charge in [-0.15, -0.1) is 0 Å². The van der Waals surface area contributed by atoms with Crippen LogP contribution in [0.15, 0.2) is 22.7 Å². The van der Waals surface area contributed by atoms with Crippen molar-refractivity contribution >= 4 is 39.6 Å². The highest BCUT2D eigenvalue weighted by Gasteiger charge is 2.12. The van der Waals surface area contributed by atoms with Crippen molar-refractivity contribution in [1.29, 1.82) is 0 Å². The Morgan fingerprint density at radius 3 is 2.67 bits per heavy atom. The van der Waals surface area contributed by atoms with Gasteiger partial charge < -0.3 is 20.5 Å². The average molecular weight is 359 g/mol. The fourth-order valence-electron chi connectivity index (χ4n) is 1.49. The van der Waals surface area contributed by atoms with Gasteiger partial charge in [0, 0.05) is 23.1 Å². The van der Waals surface area contributed by atoms with Crippen LogP contribution in [-0.4, -0.2) is 36.7 Å². The van der Waals surface area contributed by atoms with Gasteiger partial charge in [0.15, 0.2) is 0 Å². The van der Waals surface area contributed by atoms with Crippen LogP contribution in [0, 0.1) is 0 Å². The molecular formula is C13H15BrN2O5. The quantitative estimate of drug-likeness (QED) is 0.534. The van der Waals surface area contributed by atoms with Crippen LogP contribution in [0.1, 0.15) is 23.2 Å². The third-order valence-electron chi connectivity index (χ3n) is 2.48. The number of methoxy groups -OCH3 is 1. The molecule has 1 aromatic carbocycles. The number of anilines is 1. The van der Waals surface area contributed by atoms with E-state index in [1.807, 2.05) is 0 Å². The number of rotatable bonds is 6. The molecule has 0 heterocycles. The lowest BCUT2D eigenvalue weighted by atomic mass is 10.2. The van der Waals surface area contributed by atoms with Crippen LogP contribution in [0.5, 0.6) is 0 Å². The maximum absolute atomic E-state index is 11.6. The second kappa shape index (κ2) is 8.25. The molecule has 1 aromatic rings. The number of carboxylic acids is 1. The summed E-state index contributed by atoms with van der Waals surface area (Å²) in [4.78, 5) is 33.4. The number of hydrogen-bond donors (Lipinski definition) is 3. The lowest BCUT2D eigenvalue weighted by Crippen LogP contribution is -2.29. The first kappa shape index (κ1) is 17.0. The van der Waals surface area contributed by atoms with Gasteiger partial charge in [0.05, 0.1) is 12.7 Å². The second-order valence-electron chi connectivity index (χ2n) is 4.06. The third-order valence-corrected chi connectivity index (χ3v) is 3.17. The molecule has 0 aliphatic heterocycles. The van der Waals surface area contributed by atoms with Crippen LogP contribution < -0.4 is 10.6 Å². The summed E-state index contributed by atoms with van der Waals surface area (Å²) in [6.07, 6.45) is 0.335. The van der Waals surface area contributed by atoms with Crippen molar-refractivity contribution in [2.75, 3.05) is 19.0 Å². The lowest BCUT2D eigenvalue weighted by Gasteiger charge is -2.09. The molecule has 8 heteroatoms. The Morgan fingerprint density at radius 2 is 2.05 bits per heavy atom. The summed E-state index contributed by atoms with van der Waals surface area (Å²) >= 11 is 3.22. The molecule has 0 radical (unpaired) electrons. The van der Waals surface area contributed by atoms with Crippen LogP contribution in [0.2, 0.25) is 0 Å². The minimum absolute atomic E-state index is 0.00888. The Morgan fingerprint density at radius 1 is 1.33 bits per heavy atom. The predicted octanol–water partition coefficient (Wildman–Crippen LogP) is 2.22. The largest absolute Gasteiger partial charge is 0.481 e. The van der Waals surface area contributed by atoms with Gasteiger partial charge in [-0.3, -0.25) is 4.79 Å². The average Bonchev–Trinajstić information content (AvgIpc) is 2.44. The number of aliphatic carboxylic acids is 1. The lowest BCUT2D eigenvalue weighted by molar-refractivity contribution is -0.137. The minimum Gasteiger partial charge on any atom is -0.481 e. The van der Waals surface area contributed by atoms with E-state index >= 15 is 0 Å². The molecule has 7 nitrogen and oxygen atoms in total. The number of carbonyl (C=O) groups excluding carboxylic acids is 2. The van der Waals surface area contributed by atoms with Gasteiger partial charge in [0.1, 0.15) is 0 Å². The van der Waals surface area contributed by atoms with E-state index in [2.05, 4.69) is 31.3 Å². The first-order chi connectivity index (χ1) is 9.93. The molecule has 1 rings (SSSR count). The number of urea groups is 1.